The van der Waals surface area contributed by atoms with Gasteiger partial charge in [-0.05, 0) is 30.5 Å². The van der Waals surface area contributed by atoms with E-state index in [9.17, 15) is 0 Å². The molecule has 0 saturated carbocycles. The molecule has 0 amide bonds. The van der Waals surface area contributed by atoms with Crippen molar-refractivity contribution in [3.05, 3.63) is 46.3 Å². The quantitative estimate of drug-likeness (QED) is 0.883. The molecule has 0 spiro atoms. The van der Waals surface area contributed by atoms with Gasteiger partial charge in [-0.1, -0.05) is 12.1 Å². The first-order valence-electron chi connectivity index (χ1n) is 5.76. The second kappa shape index (κ2) is 5.80. The molecule has 0 radical (unpaired) electrons. The molecule has 0 saturated heterocycles. The van der Waals surface area contributed by atoms with Crippen molar-refractivity contribution in [2.45, 2.75) is 20.0 Å². The summed E-state index contributed by atoms with van der Waals surface area (Å²) in [6, 6.07) is 10.2. The molecule has 90 valence electrons. The highest BCUT2D eigenvalue weighted by Crippen LogP contribution is 2.17. The number of hydrogen-bond donors (Lipinski definition) is 1. The molecular weight excluding hydrogens is 230 g/mol. The Kier molecular flexibility index (Phi) is 4.12. The Morgan fingerprint density at radius 1 is 1.29 bits per heavy atom. The molecule has 2 N–H and O–H groups in total. The van der Waals surface area contributed by atoms with Gasteiger partial charge in [0.05, 0.1) is 12.2 Å². The van der Waals surface area contributed by atoms with Crippen molar-refractivity contribution in [2.24, 2.45) is 5.73 Å². The van der Waals surface area contributed by atoms with Crippen LogP contribution in [0.2, 0.25) is 0 Å². The number of aromatic nitrogens is 1. The molecule has 0 unspecified atom stereocenters. The Balaban J connectivity index is 2.16. The maximum absolute atomic E-state index is 5.62. The van der Waals surface area contributed by atoms with E-state index < -0.39 is 0 Å². The Hall–Kier alpha value is -1.39. The fourth-order valence-electron chi connectivity index (χ4n) is 1.70. The Morgan fingerprint density at radius 3 is 2.82 bits per heavy atom. The monoisotopic (exact) mass is 247 g/mol. The minimum atomic E-state index is 0.490. The normalized spacial score (nSPS) is 10.5. The number of rotatable bonds is 5. The lowest BCUT2D eigenvalue weighted by atomic mass is 10.3. The third kappa shape index (κ3) is 3.05. The maximum atomic E-state index is 5.62. The zero-order valence-corrected chi connectivity index (χ0v) is 10.8. The van der Waals surface area contributed by atoms with E-state index in [0.29, 0.717) is 6.54 Å². The summed E-state index contributed by atoms with van der Waals surface area (Å²) in [4.78, 5) is 8.16. The zero-order chi connectivity index (χ0) is 12.1. The Labute approximate surface area is 106 Å². The smallest absolute Gasteiger partial charge is 0.129 e. The predicted molar refractivity (Wildman–Crippen MR) is 73.2 cm³/mol. The van der Waals surface area contributed by atoms with Crippen LogP contribution in [-0.2, 0) is 13.1 Å². The first kappa shape index (κ1) is 12.1. The summed E-state index contributed by atoms with van der Waals surface area (Å²) in [7, 11) is 0. The first-order chi connectivity index (χ1) is 8.33. The van der Waals surface area contributed by atoms with E-state index >= 15 is 0 Å². The second-order valence-corrected chi connectivity index (χ2v) is 4.82. The SMILES string of the molecule is CCN(Cc1cccs1)c1cccc(CN)n1. The van der Waals surface area contributed by atoms with Crippen molar-refractivity contribution < 1.29 is 0 Å². The average Bonchev–Trinajstić information content (AvgIpc) is 2.89. The van der Waals surface area contributed by atoms with Gasteiger partial charge in [0.25, 0.3) is 0 Å². The maximum Gasteiger partial charge on any atom is 0.129 e. The van der Waals surface area contributed by atoms with Crippen LogP contribution in [0, 0.1) is 0 Å². The highest BCUT2D eigenvalue weighted by molar-refractivity contribution is 7.09. The number of pyridine rings is 1. The topological polar surface area (TPSA) is 42.1 Å². The summed E-state index contributed by atoms with van der Waals surface area (Å²) in [5.74, 6) is 1.00. The van der Waals surface area contributed by atoms with Gasteiger partial charge in [0.1, 0.15) is 5.82 Å². The molecule has 0 aliphatic heterocycles. The number of hydrogen-bond acceptors (Lipinski definition) is 4. The van der Waals surface area contributed by atoms with Gasteiger partial charge in [-0.2, -0.15) is 0 Å². The van der Waals surface area contributed by atoms with Crippen molar-refractivity contribution in [3.63, 3.8) is 0 Å². The van der Waals surface area contributed by atoms with Crippen molar-refractivity contribution >= 4 is 17.2 Å². The van der Waals surface area contributed by atoms with Crippen molar-refractivity contribution in [1.82, 2.24) is 4.98 Å². The van der Waals surface area contributed by atoms with E-state index in [4.69, 9.17) is 5.73 Å². The molecule has 0 aliphatic carbocycles. The third-order valence-electron chi connectivity index (χ3n) is 2.63. The van der Waals surface area contributed by atoms with Gasteiger partial charge in [-0.15, -0.1) is 11.3 Å². The molecular formula is C13H17N3S. The van der Waals surface area contributed by atoms with Crippen molar-refractivity contribution in [3.8, 4) is 0 Å². The van der Waals surface area contributed by atoms with Crippen LogP contribution < -0.4 is 10.6 Å². The number of nitrogens with two attached hydrogens (primary N) is 1. The van der Waals surface area contributed by atoms with Gasteiger partial charge < -0.3 is 10.6 Å². The van der Waals surface area contributed by atoms with Crippen LogP contribution in [0.3, 0.4) is 0 Å². The number of thiophene rings is 1. The lowest BCUT2D eigenvalue weighted by Crippen LogP contribution is -2.23. The fraction of sp³-hybridized carbons (Fsp3) is 0.308. The van der Waals surface area contributed by atoms with Gasteiger partial charge >= 0.3 is 0 Å². The van der Waals surface area contributed by atoms with Crippen LogP contribution in [0.15, 0.2) is 35.7 Å². The van der Waals surface area contributed by atoms with Gasteiger partial charge in [-0.25, -0.2) is 4.98 Å². The molecule has 2 heterocycles. The van der Waals surface area contributed by atoms with Gasteiger partial charge in [0, 0.05) is 18.0 Å². The van der Waals surface area contributed by atoms with Crippen LogP contribution in [0.5, 0.6) is 0 Å². The molecule has 3 nitrogen and oxygen atoms in total. The number of anilines is 1. The lowest BCUT2D eigenvalue weighted by Gasteiger charge is -2.21. The first-order valence-corrected chi connectivity index (χ1v) is 6.64. The standard InChI is InChI=1S/C13H17N3S/c1-2-16(10-12-6-4-8-17-12)13-7-3-5-11(9-14)15-13/h3-8H,2,9-10,14H2,1H3. The number of nitrogens with zero attached hydrogens (tertiary/aromatic N) is 2. The minimum absolute atomic E-state index is 0.490. The van der Waals surface area contributed by atoms with Crippen molar-refractivity contribution in [1.29, 1.82) is 0 Å². The summed E-state index contributed by atoms with van der Waals surface area (Å²) >= 11 is 1.78. The molecule has 0 fully saturated rings. The molecule has 2 aromatic rings. The van der Waals surface area contributed by atoms with Crippen molar-refractivity contribution in [2.75, 3.05) is 11.4 Å². The summed E-state index contributed by atoms with van der Waals surface area (Å²) in [6.45, 7) is 4.49. The molecule has 4 heteroatoms. The molecule has 0 bridgehead atoms. The minimum Gasteiger partial charge on any atom is -0.352 e. The average molecular weight is 247 g/mol. The summed E-state index contributed by atoms with van der Waals surface area (Å²) < 4.78 is 0. The van der Waals surface area contributed by atoms with Gasteiger partial charge in [0.2, 0.25) is 0 Å². The van der Waals surface area contributed by atoms with Crippen LogP contribution in [0.25, 0.3) is 0 Å². The van der Waals surface area contributed by atoms with E-state index in [1.54, 1.807) is 11.3 Å². The van der Waals surface area contributed by atoms with Gasteiger partial charge in [-0.3, -0.25) is 0 Å². The summed E-state index contributed by atoms with van der Waals surface area (Å²) in [5.41, 5.74) is 6.55. The van der Waals surface area contributed by atoms with E-state index in [-0.39, 0.29) is 0 Å². The fourth-order valence-corrected chi connectivity index (χ4v) is 2.42. The molecule has 17 heavy (non-hydrogen) atoms. The largest absolute Gasteiger partial charge is 0.352 e. The van der Waals surface area contributed by atoms with E-state index in [1.807, 2.05) is 18.2 Å². The molecule has 2 aromatic heterocycles. The van der Waals surface area contributed by atoms with Crippen LogP contribution >= 0.6 is 11.3 Å². The van der Waals surface area contributed by atoms with Crippen LogP contribution in [0.1, 0.15) is 17.5 Å². The van der Waals surface area contributed by atoms with E-state index in [1.165, 1.54) is 4.88 Å². The molecule has 0 atom stereocenters. The Morgan fingerprint density at radius 2 is 2.18 bits per heavy atom. The summed E-state index contributed by atoms with van der Waals surface area (Å²) in [5, 5.41) is 2.10. The van der Waals surface area contributed by atoms with Gasteiger partial charge in [0.15, 0.2) is 0 Å². The zero-order valence-electron chi connectivity index (χ0n) is 9.97. The Bertz CT molecular complexity index is 453. The van der Waals surface area contributed by atoms with E-state index in [2.05, 4.69) is 34.3 Å². The van der Waals surface area contributed by atoms with E-state index in [0.717, 1.165) is 24.6 Å². The second-order valence-electron chi connectivity index (χ2n) is 3.78. The third-order valence-corrected chi connectivity index (χ3v) is 3.49. The van der Waals surface area contributed by atoms with Crippen LogP contribution in [0.4, 0.5) is 5.82 Å². The molecule has 0 aliphatic rings. The van der Waals surface area contributed by atoms with Crippen LogP contribution in [-0.4, -0.2) is 11.5 Å². The predicted octanol–water partition coefficient (Wildman–Crippen LogP) is 2.63. The lowest BCUT2D eigenvalue weighted by molar-refractivity contribution is 0.814. The highest BCUT2D eigenvalue weighted by Gasteiger charge is 2.07. The summed E-state index contributed by atoms with van der Waals surface area (Å²) in [6.07, 6.45) is 0. The molecule has 0 aromatic carbocycles. The highest BCUT2D eigenvalue weighted by atomic mass is 32.1. The molecule has 2 rings (SSSR count).